The highest BCUT2D eigenvalue weighted by atomic mass is 32.2. The number of rotatable bonds is 7. The summed E-state index contributed by atoms with van der Waals surface area (Å²) in [6.07, 6.45) is 5.60. The Labute approximate surface area is 186 Å². The van der Waals surface area contributed by atoms with Gasteiger partial charge in [0.2, 0.25) is 10.0 Å². The van der Waals surface area contributed by atoms with Gasteiger partial charge in [-0.2, -0.15) is 0 Å². The molecule has 2 bridgehead atoms. The van der Waals surface area contributed by atoms with E-state index in [9.17, 15) is 12.8 Å². The lowest BCUT2D eigenvalue weighted by atomic mass is 9.95. The van der Waals surface area contributed by atoms with E-state index in [2.05, 4.69) is 10.4 Å². The Morgan fingerprint density at radius 1 is 1.12 bits per heavy atom. The van der Waals surface area contributed by atoms with Crippen LogP contribution in [0.1, 0.15) is 42.9 Å². The molecule has 1 aromatic heterocycles. The minimum absolute atomic E-state index is 0.141. The Kier molecular flexibility index (Phi) is 5.56. The molecule has 3 atom stereocenters. The van der Waals surface area contributed by atoms with Crippen molar-refractivity contribution in [3.05, 3.63) is 71.6 Å². The van der Waals surface area contributed by atoms with E-state index in [1.54, 1.807) is 0 Å². The number of primary sulfonamides is 1. The Morgan fingerprint density at radius 2 is 1.94 bits per heavy atom. The Hall–Kier alpha value is -2.62. The number of benzene rings is 2. The van der Waals surface area contributed by atoms with Gasteiger partial charge in [0.05, 0.1) is 11.4 Å². The maximum atomic E-state index is 14.9. The van der Waals surface area contributed by atoms with Gasteiger partial charge < -0.3 is 5.32 Å². The summed E-state index contributed by atoms with van der Waals surface area (Å²) in [7, 11) is -4.00. The number of nitrogens with zero attached hydrogens (tertiary/aromatic N) is 3. The maximum absolute atomic E-state index is 14.9. The highest BCUT2D eigenvalue weighted by Gasteiger charge is 2.39. The third kappa shape index (κ3) is 4.32. The highest BCUT2D eigenvalue weighted by molar-refractivity contribution is 7.89. The molecule has 0 aliphatic heterocycles. The highest BCUT2D eigenvalue weighted by Crippen LogP contribution is 2.44. The van der Waals surface area contributed by atoms with Gasteiger partial charge in [-0.05, 0) is 54.9 Å². The molecule has 7 nitrogen and oxygen atoms in total. The van der Waals surface area contributed by atoms with Gasteiger partial charge in [0.25, 0.3) is 0 Å². The molecule has 2 fully saturated rings. The van der Waals surface area contributed by atoms with E-state index in [0.717, 1.165) is 23.5 Å². The number of nitrogens with one attached hydrogen (secondary N) is 1. The summed E-state index contributed by atoms with van der Waals surface area (Å²) in [6, 6.07) is 13.9. The van der Waals surface area contributed by atoms with Gasteiger partial charge in [-0.15, -0.1) is 5.10 Å². The van der Waals surface area contributed by atoms with Gasteiger partial charge in [0, 0.05) is 12.5 Å². The largest absolute Gasteiger partial charge is 0.307 e. The first kappa shape index (κ1) is 21.2. The van der Waals surface area contributed by atoms with Crippen molar-refractivity contribution in [3.8, 4) is 5.69 Å². The zero-order valence-electron chi connectivity index (χ0n) is 17.6. The van der Waals surface area contributed by atoms with E-state index < -0.39 is 15.8 Å². The summed E-state index contributed by atoms with van der Waals surface area (Å²) in [5, 5.41) is 13.3. The molecule has 3 aromatic rings. The van der Waals surface area contributed by atoms with Crippen molar-refractivity contribution in [2.75, 3.05) is 0 Å². The maximum Gasteiger partial charge on any atom is 0.238 e. The quantitative estimate of drug-likeness (QED) is 0.570. The van der Waals surface area contributed by atoms with Crippen molar-refractivity contribution in [2.45, 2.75) is 49.6 Å². The smallest absolute Gasteiger partial charge is 0.238 e. The first-order valence-electron chi connectivity index (χ1n) is 10.9. The third-order valence-corrected chi connectivity index (χ3v) is 7.57. The van der Waals surface area contributed by atoms with Gasteiger partial charge >= 0.3 is 0 Å². The molecule has 3 N–H and O–H groups in total. The van der Waals surface area contributed by atoms with Crippen molar-refractivity contribution >= 4 is 10.0 Å². The first-order chi connectivity index (χ1) is 15.4. The van der Waals surface area contributed by atoms with E-state index in [-0.39, 0.29) is 10.6 Å². The van der Waals surface area contributed by atoms with Gasteiger partial charge in [-0.25, -0.2) is 27.6 Å². The van der Waals surface area contributed by atoms with Gasteiger partial charge in [0.1, 0.15) is 17.3 Å². The number of sulfonamides is 1. The molecule has 32 heavy (non-hydrogen) atoms. The van der Waals surface area contributed by atoms with Crippen LogP contribution in [0, 0.1) is 17.7 Å². The Morgan fingerprint density at radius 3 is 2.59 bits per heavy atom. The minimum Gasteiger partial charge on any atom is -0.307 e. The number of hydrogen-bond donors (Lipinski definition) is 2. The molecule has 168 valence electrons. The molecule has 0 spiro atoms. The molecular formula is C23H26FN5O2S. The Balaban J connectivity index is 1.44. The minimum atomic E-state index is -4.00. The van der Waals surface area contributed by atoms with Crippen LogP contribution in [0.2, 0.25) is 0 Å². The molecule has 1 heterocycles. The number of nitrogens with two attached hydrogens (primary N) is 1. The van der Waals surface area contributed by atoms with Crippen LogP contribution in [-0.4, -0.2) is 29.2 Å². The summed E-state index contributed by atoms with van der Waals surface area (Å²) in [6.45, 7) is 0.513. The van der Waals surface area contributed by atoms with E-state index in [4.69, 9.17) is 10.1 Å². The molecule has 2 saturated carbocycles. The van der Waals surface area contributed by atoms with Crippen LogP contribution >= 0.6 is 0 Å². The average molecular weight is 456 g/mol. The average Bonchev–Trinajstić information content (AvgIpc) is 3.48. The molecular weight excluding hydrogens is 429 g/mol. The van der Waals surface area contributed by atoms with E-state index >= 15 is 0 Å². The molecule has 1 unspecified atom stereocenters. The lowest BCUT2D eigenvalue weighted by Crippen LogP contribution is -2.33. The monoisotopic (exact) mass is 455 g/mol. The predicted molar refractivity (Wildman–Crippen MR) is 118 cm³/mol. The summed E-state index contributed by atoms with van der Waals surface area (Å²) < 4.78 is 39.5. The second kappa shape index (κ2) is 8.38. The number of aromatic nitrogens is 3. The van der Waals surface area contributed by atoms with E-state index in [1.165, 1.54) is 42.5 Å². The molecule has 0 radical (unpaired) electrons. The van der Waals surface area contributed by atoms with Crippen molar-refractivity contribution in [2.24, 2.45) is 17.0 Å². The normalized spacial score (nSPS) is 22.5. The molecule has 0 saturated heterocycles. The SMILES string of the molecule is NS(=O)(=O)c1ccc(-n2nc(CN[C@@H]3C[C@H]4CCC3C4)nc2Cc2ccccc2)c(F)c1. The zero-order valence-corrected chi connectivity index (χ0v) is 18.4. The van der Waals surface area contributed by atoms with Crippen LogP contribution in [0.3, 0.4) is 0 Å². The van der Waals surface area contributed by atoms with Crippen LogP contribution in [0.25, 0.3) is 5.69 Å². The first-order valence-corrected chi connectivity index (χ1v) is 12.5. The third-order valence-electron chi connectivity index (χ3n) is 6.66. The summed E-state index contributed by atoms with van der Waals surface area (Å²) in [4.78, 5) is 4.42. The van der Waals surface area contributed by atoms with Crippen molar-refractivity contribution in [1.29, 1.82) is 0 Å². The lowest BCUT2D eigenvalue weighted by Gasteiger charge is -2.22. The van der Waals surface area contributed by atoms with Crippen LogP contribution < -0.4 is 10.5 Å². The molecule has 5 rings (SSSR count). The predicted octanol–water partition coefficient (Wildman–Crippen LogP) is 2.92. The van der Waals surface area contributed by atoms with Crippen LogP contribution in [0.5, 0.6) is 0 Å². The fraction of sp³-hybridized carbons (Fsp3) is 0.391. The lowest BCUT2D eigenvalue weighted by molar-refractivity contribution is 0.348. The summed E-state index contributed by atoms with van der Waals surface area (Å²) in [5.74, 6) is 2.03. The molecule has 0 amide bonds. The molecule has 2 aliphatic carbocycles. The van der Waals surface area contributed by atoms with Crippen LogP contribution in [0.15, 0.2) is 53.4 Å². The fourth-order valence-electron chi connectivity index (χ4n) is 5.11. The number of halogens is 1. The zero-order chi connectivity index (χ0) is 22.3. The van der Waals surface area contributed by atoms with Crippen LogP contribution in [-0.2, 0) is 23.0 Å². The van der Waals surface area contributed by atoms with E-state index in [0.29, 0.717) is 30.7 Å². The number of fused-ring (bicyclic) bond motifs is 2. The van der Waals surface area contributed by atoms with E-state index in [1.807, 2.05) is 30.3 Å². The summed E-state index contributed by atoms with van der Waals surface area (Å²) in [5.41, 5.74) is 1.16. The standard InChI is InChI=1S/C23H26FN5O2S/c24-19-13-18(32(25,30)31)8-9-21(19)29-23(12-15-4-2-1-3-5-15)27-22(28-29)14-26-20-11-16-6-7-17(20)10-16/h1-5,8-9,13,16-17,20,26H,6-7,10-12,14H2,(H2,25,30,31)/t16-,17?,20+/m0/s1. The van der Waals surface area contributed by atoms with Gasteiger partial charge in [-0.1, -0.05) is 36.8 Å². The van der Waals surface area contributed by atoms with Crippen molar-refractivity contribution < 1.29 is 12.8 Å². The second-order valence-corrected chi connectivity index (χ2v) is 10.4. The van der Waals surface area contributed by atoms with Crippen molar-refractivity contribution in [1.82, 2.24) is 20.1 Å². The summed E-state index contributed by atoms with van der Waals surface area (Å²) >= 11 is 0. The Bertz CT molecular complexity index is 1230. The molecule has 9 heteroatoms. The van der Waals surface area contributed by atoms with Gasteiger partial charge in [-0.3, -0.25) is 0 Å². The fourth-order valence-corrected chi connectivity index (χ4v) is 5.63. The topological polar surface area (TPSA) is 103 Å². The van der Waals surface area contributed by atoms with Gasteiger partial charge in [0.15, 0.2) is 5.82 Å². The molecule has 2 aromatic carbocycles. The molecule has 2 aliphatic rings. The number of hydrogen-bond acceptors (Lipinski definition) is 5. The van der Waals surface area contributed by atoms with Crippen LogP contribution in [0.4, 0.5) is 4.39 Å². The van der Waals surface area contributed by atoms with Crippen molar-refractivity contribution in [3.63, 3.8) is 0 Å². The second-order valence-electron chi connectivity index (χ2n) is 8.84.